The number of carbonyl (C=O) groups is 2. The molecule has 8 heteroatoms. The van der Waals surface area contributed by atoms with Crippen molar-refractivity contribution in [1.29, 1.82) is 0 Å². The van der Waals surface area contributed by atoms with Crippen molar-refractivity contribution < 1.29 is 23.6 Å². The number of rotatable bonds is 3. The van der Waals surface area contributed by atoms with Crippen molar-refractivity contribution in [3.63, 3.8) is 0 Å². The number of aliphatic carboxylic acids is 1. The van der Waals surface area contributed by atoms with E-state index in [0.717, 1.165) is 5.56 Å². The molecule has 0 spiro atoms. The van der Waals surface area contributed by atoms with Gasteiger partial charge in [0.1, 0.15) is 5.76 Å². The van der Waals surface area contributed by atoms with E-state index in [0.29, 0.717) is 30.9 Å². The lowest BCUT2D eigenvalue weighted by atomic mass is 9.99. The van der Waals surface area contributed by atoms with Gasteiger partial charge in [0.25, 0.3) is 0 Å². The molecule has 1 atom stereocenters. The molecular formula is C15H17N3O5. The maximum Gasteiger partial charge on any atom is 0.323 e. The molecule has 0 bridgehead atoms. The Labute approximate surface area is 132 Å². The maximum atomic E-state index is 12.2. The summed E-state index contributed by atoms with van der Waals surface area (Å²) in [5.74, 6) is 0.0774. The van der Waals surface area contributed by atoms with E-state index in [9.17, 15) is 9.59 Å². The molecule has 1 fully saturated rings. The lowest BCUT2D eigenvalue weighted by molar-refractivity contribution is -0.143. The zero-order valence-corrected chi connectivity index (χ0v) is 12.6. The minimum Gasteiger partial charge on any atom is -0.481 e. The third-order valence-electron chi connectivity index (χ3n) is 3.93. The molecule has 1 unspecified atom stereocenters. The number of carboxylic acid groups (broad SMARTS) is 1. The van der Waals surface area contributed by atoms with E-state index in [-0.39, 0.29) is 18.4 Å². The molecule has 2 aromatic rings. The minimum absolute atomic E-state index is 0.201. The molecule has 0 saturated carbocycles. The second-order valence-electron chi connectivity index (χ2n) is 5.52. The van der Waals surface area contributed by atoms with Crippen LogP contribution in [0.25, 0.3) is 11.3 Å². The first-order valence-electron chi connectivity index (χ1n) is 7.34. The van der Waals surface area contributed by atoms with Gasteiger partial charge in [0, 0.05) is 19.2 Å². The highest BCUT2D eigenvalue weighted by molar-refractivity contribution is 5.89. The molecule has 23 heavy (non-hydrogen) atoms. The molecule has 122 valence electrons. The third kappa shape index (κ3) is 3.20. The monoisotopic (exact) mass is 319 g/mol. The molecule has 2 amide bonds. The van der Waals surface area contributed by atoms with Crippen LogP contribution in [0.3, 0.4) is 0 Å². The molecule has 2 aromatic heterocycles. The molecule has 1 aliphatic rings. The van der Waals surface area contributed by atoms with E-state index in [1.165, 1.54) is 4.90 Å². The summed E-state index contributed by atoms with van der Waals surface area (Å²) >= 11 is 0. The normalized spacial score (nSPS) is 18.0. The molecule has 8 nitrogen and oxygen atoms in total. The van der Waals surface area contributed by atoms with Crippen molar-refractivity contribution in [3.8, 4) is 11.3 Å². The molecule has 0 aromatic carbocycles. The van der Waals surface area contributed by atoms with Gasteiger partial charge in [-0.2, -0.15) is 0 Å². The Hall–Kier alpha value is -2.77. The number of carbonyl (C=O) groups excluding carboxylic acids is 1. The third-order valence-corrected chi connectivity index (χ3v) is 3.93. The van der Waals surface area contributed by atoms with Crippen LogP contribution in [0.4, 0.5) is 10.6 Å². The highest BCUT2D eigenvalue weighted by atomic mass is 16.5. The van der Waals surface area contributed by atoms with Crippen LogP contribution < -0.4 is 5.32 Å². The Morgan fingerprint density at radius 1 is 1.48 bits per heavy atom. The number of hydrogen-bond acceptors (Lipinski definition) is 5. The zero-order chi connectivity index (χ0) is 16.4. The Kier molecular flexibility index (Phi) is 4.05. The predicted molar refractivity (Wildman–Crippen MR) is 79.9 cm³/mol. The van der Waals surface area contributed by atoms with E-state index in [4.69, 9.17) is 14.0 Å². The largest absolute Gasteiger partial charge is 0.481 e. The van der Waals surface area contributed by atoms with Crippen molar-refractivity contribution in [1.82, 2.24) is 10.1 Å². The molecule has 3 heterocycles. The Morgan fingerprint density at radius 3 is 3.00 bits per heavy atom. The number of carboxylic acids is 1. The lowest BCUT2D eigenvalue weighted by Crippen LogP contribution is -2.44. The summed E-state index contributed by atoms with van der Waals surface area (Å²) in [4.78, 5) is 24.8. The quantitative estimate of drug-likeness (QED) is 0.900. The number of hydrogen-bond donors (Lipinski definition) is 2. The smallest absolute Gasteiger partial charge is 0.323 e. The summed E-state index contributed by atoms with van der Waals surface area (Å²) in [5.41, 5.74) is 0.766. The second kappa shape index (κ2) is 6.15. The number of aryl methyl sites for hydroxylation is 1. The Bertz CT molecular complexity index is 720. The van der Waals surface area contributed by atoms with Crippen molar-refractivity contribution in [2.24, 2.45) is 5.92 Å². The van der Waals surface area contributed by atoms with Crippen molar-refractivity contribution >= 4 is 17.8 Å². The number of nitrogens with one attached hydrogen (secondary N) is 1. The summed E-state index contributed by atoms with van der Waals surface area (Å²) in [6.07, 6.45) is 2.81. The van der Waals surface area contributed by atoms with Gasteiger partial charge in [0.05, 0.1) is 17.7 Å². The number of aromatic nitrogens is 1. The van der Waals surface area contributed by atoms with Crippen LogP contribution in [-0.2, 0) is 4.79 Å². The fraction of sp³-hybridized carbons (Fsp3) is 0.400. The maximum absolute atomic E-state index is 12.2. The first-order valence-corrected chi connectivity index (χ1v) is 7.34. The van der Waals surface area contributed by atoms with E-state index < -0.39 is 11.9 Å². The summed E-state index contributed by atoms with van der Waals surface area (Å²) in [6, 6.07) is 2.98. The van der Waals surface area contributed by atoms with Gasteiger partial charge in [0.15, 0.2) is 11.6 Å². The van der Waals surface area contributed by atoms with Crippen LogP contribution >= 0.6 is 0 Å². The number of anilines is 1. The topological polar surface area (TPSA) is 109 Å². The molecular weight excluding hydrogens is 302 g/mol. The van der Waals surface area contributed by atoms with Gasteiger partial charge in [-0.25, -0.2) is 4.79 Å². The number of amides is 2. The van der Waals surface area contributed by atoms with Crippen LogP contribution in [0.15, 0.2) is 27.3 Å². The van der Waals surface area contributed by atoms with Crippen LogP contribution in [-0.4, -0.2) is 40.3 Å². The van der Waals surface area contributed by atoms with Gasteiger partial charge in [-0.3, -0.25) is 10.1 Å². The van der Waals surface area contributed by atoms with Crippen LogP contribution in [0.5, 0.6) is 0 Å². The number of nitrogens with zero attached hydrogens (tertiary/aromatic N) is 2. The van der Waals surface area contributed by atoms with E-state index in [1.807, 2.05) is 0 Å². The zero-order valence-electron chi connectivity index (χ0n) is 12.6. The van der Waals surface area contributed by atoms with E-state index >= 15 is 0 Å². The van der Waals surface area contributed by atoms with Crippen molar-refractivity contribution in [2.75, 3.05) is 18.4 Å². The Balaban J connectivity index is 1.65. The first-order chi connectivity index (χ1) is 11.0. The summed E-state index contributed by atoms with van der Waals surface area (Å²) in [7, 11) is 0. The van der Waals surface area contributed by atoms with Gasteiger partial charge >= 0.3 is 12.0 Å². The lowest BCUT2D eigenvalue weighted by Gasteiger charge is -2.30. The second-order valence-corrected chi connectivity index (χ2v) is 5.52. The van der Waals surface area contributed by atoms with Gasteiger partial charge in [-0.1, -0.05) is 5.16 Å². The number of piperidine rings is 1. The molecule has 1 saturated heterocycles. The summed E-state index contributed by atoms with van der Waals surface area (Å²) in [5, 5.41) is 15.5. The van der Waals surface area contributed by atoms with Crippen molar-refractivity contribution in [2.45, 2.75) is 19.8 Å². The molecule has 0 aliphatic carbocycles. The molecule has 3 rings (SSSR count). The number of likely N-dealkylation sites (tertiary alicyclic amines) is 1. The Morgan fingerprint density at radius 2 is 2.30 bits per heavy atom. The molecule has 2 N–H and O–H groups in total. The molecule has 1 aliphatic heterocycles. The average molecular weight is 319 g/mol. The predicted octanol–water partition coefficient (Wildman–Crippen LogP) is 2.57. The molecule has 0 radical (unpaired) electrons. The highest BCUT2D eigenvalue weighted by Crippen LogP contribution is 2.26. The van der Waals surface area contributed by atoms with Crippen LogP contribution in [0.2, 0.25) is 0 Å². The summed E-state index contributed by atoms with van der Waals surface area (Å²) in [6.45, 7) is 2.53. The van der Waals surface area contributed by atoms with Gasteiger partial charge in [-0.05, 0) is 25.8 Å². The van der Waals surface area contributed by atoms with E-state index in [1.54, 1.807) is 25.3 Å². The highest BCUT2D eigenvalue weighted by Gasteiger charge is 2.28. The minimum atomic E-state index is -0.873. The summed E-state index contributed by atoms with van der Waals surface area (Å²) < 4.78 is 10.4. The van der Waals surface area contributed by atoms with Gasteiger partial charge < -0.3 is 18.9 Å². The standard InChI is InChI=1S/C15H17N3O5/c1-9-11(4-6-22-9)12-7-13(17-23-12)16-15(21)18-5-2-3-10(8-18)14(19)20/h4,6-7,10H,2-3,5,8H2,1H3,(H,19,20)(H,16,17,21). The van der Waals surface area contributed by atoms with Gasteiger partial charge in [0.2, 0.25) is 0 Å². The number of furan rings is 1. The van der Waals surface area contributed by atoms with Crippen molar-refractivity contribution in [3.05, 3.63) is 24.2 Å². The van der Waals surface area contributed by atoms with E-state index in [2.05, 4.69) is 10.5 Å². The fourth-order valence-electron chi connectivity index (χ4n) is 2.65. The average Bonchev–Trinajstić information content (AvgIpc) is 3.16. The van der Waals surface area contributed by atoms with Crippen LogP contribution in [0.1, 0.15) is 18.6 Å². The first kappa shape index (κ1) is 15.1. The SMILES string of the molecule is Cc1occc1-c1cc(NC(=O)N2CCCC(C(=O)O)C2)no1. The van der Waals surface area contributed by atoms with Gasteiger partial charge in [-0.15, -0.1) is 0 Å². The van der Waals surface area contributed by atoms with Crippen LogP contribution in [0, 0.1) is 12.8 Å². The number of urea groups is 1. The fourth-order valence-corrected chi connectivity index (χ4v) is 2.65.